The third-order valence-corrected chi connectivity index (χ3v) is 2.71. The number of carboxylic acid groups (broad SMARTS) is 1. The van der Waals surface area contributed by atoms with E-state index in [1.54, 1.807) is 6.07 Å². The summed E-state index contributed by atoms with van der Waals surface area (Å²) in [5.74, 6) is 1.07. The number of nitrogens with one attached hydrogen (secondary N) is 2. The van der Waals surface area contributed by atoms with Crippen LogP contribution in [0.4, 0.5) is 10.5 Å². The number of amides is 2. The lowest BCUT2D eigenvalue weighted by molar-refractivity contribution is -0.139. The lowest BCUT2D eigenvalue weighted by Gasteiger charge is -2.14. The second-order valence-corrected chi connectivity index (χ2v) is 4.30. The van der Waals surface area contributed by atoms with Crippen LogP contribution in [0.2, 0.25) is 0 Å². The number of carbonyl (C=O) groups is 2. The van der Waals surface area contributed by atoms with E-state index in [0.29, 0.717) is 5.69 Å². The van der Waals surface area contributed by atoms with Gasteiger partial charge in [-0.25, -0.2) is 9.59 Å². The second kappa shape index (κ2) is 7.85. The van der Waals surface area contributed by atoms with E-state index in [0.717, 1.165) is 18.4 Å². The first kappa shape index (κ1) is 15.6. The fourth-order valence-electron chi connectivity index (χ4n) is 1.76. The first-order chi connectivity index (χ1) is 9.58. The molecule has 1 aromatic rings. The zero-order valence-electron chi connectivity index (χ0n) is 11.3. The monoisotopic (exact) mass is 274 g/mol. The summed E-state index contributed by atoms with van der Waals surface area (Å²) in [5, 5.41) is 13.9. The first-order valence-electron chi connectivity index (χ1n) is 6.40. The van der Waals surface area contributed by atoms with Gasteiger partial charge in [-0.3, -0.25) is 0 Å². The number of terminal acetylenes is 1. The molecule has 1 rings (SSSR count). The lowest BCUT2D eigenvalue weighted by Crippen LogP contribution is -2.42. The van der Waals surface area contributed by atoms with Gasteiger partial charge in [0.1, 0.15) is 6.04 Å². The first-order valence-corrected chi connectivity index (χ1v) is 6.40. The number of anilines is 1. The number of urea groups is 1. The Morgan fingerprint density at radius 1 is 1.40 bits per heavy atom. The van der Waals surface area contributed by atoms with Crippen LogP contribution in [0.5, 0.6) is 0 Å². The molecule has 1 aromatic carbocycles. The Labute approximate surface area is 118 Å². The smallest absolute Gasteiger partial charge is 0.327 e. The molecule has 0 fully saturated rings. The quantitative estimate of drug-likeness (QED) is 0.696. The molecule has 0 bridgehead atoms. The molecule has 1 atom stereocenters. The van der Waals surface area contributed by atoms with E-state index < -0.39 is 18.0 Å². The van der Waals surface area contributed by atoms with Crippen LogP contribution >= 0.6 is 0 Å². The molecule has 0 radical (unpaired) electrons. The number of hydrogen-bond acceptors (Lipinski definition) is 2. The summed E-state index contributed by atoms with van der Waals surface area (Å²) < 4.78 is 0. The molecule has 0 saturated carbocycles. The van der Waals surface area contributed by atoms with Crippen molar-refractivity contribution >= 4 is 17.7 Å². The average molecular weight is 274 g/mol. The molecule has 0 aromatic heterocycles. The van der Waals surface area contributed by atoms with Gasteiger partial charge in [0.15, 0.2) is 0 Å². The van der Waals surface area contributed by atoms with E-state index >= 15 is 0 Å². The highest BCUT2D eigenvalue weighted by atomic mass is 16.4. The van der Waals surface area contributed by atoms with Crippen LogP contribution in [0.15, 0.2) is 24.3 Å². The maximum absolute atomic E-state index is 11.8. The Kier molecular flexibility index (Phi) is 6.11. The van der Waals surface area contributed by atoms with Gasteiger partial charge in [-0.05, 0) is 18.1 Å². The minimum atomic E-state index is -1.15. The third-order valence-electron chi connectivity index (χ3n) is 2.71. The highest BCUT2D eigenvalue weighted by molar-refractivity contribution is 5.92. The minimum absolute atomic E-state index is 0.0562. The highest BCUT2D eigenvalue weighted by Gasteiger charge is 2.18. The van der Waals surface area contributed by atoms with Gasteiger partial charge in [-0.15, -0.1) is 12.3 Å². The normalized spacial score (nSPS) is 11.2. The largest absolute Gasteiger partial charge is 0.480 e. The van der Waals surface area contributed by atoms with Gasteiger partial charge in [0.25, 0.3) is 0 Å². The zero-order chi connectivity index (χ0) is 15.0. The number of rotatable bonds is 6. The van der Waals surface area contributed by atoms with E-state index in [1.165, 1.54) is 0 Å². The Morgan fingerprint density at radius 2 is 2.10 bits per heavy atom. The third kappa shape index (κ3) is 4.65. The predicted molar refractivity (Wildman–Crippen MR) is 77.5 cm³/mol. The molecule has 2 amide bonds. The number of hydrogen-bond donors (Lipinski definition) is 3. The highest BCUT2D eigenvalue weighted by Crippen LogP contribution is 2.16. The Bertz CT molecular complexity index is 520. The van der Waals surface area contributed by atoms with Crippen LogP contribution in [-0.2, 0) is 11.2 Å². The van der Waals surface area contributed by atoms with Crippen LogP contribution in [0.1, 0.15) is 25.3 Å². The van der Waals surface area contributed by atoms with Gasteiger partial charge in [0.05, 0.1) is 0 Å². The zero-order valence-corrected chi connectivity index (χ0v) is 11.3. The van der Waals surface area contributed by atoms with Gasteiger partial charge >= 0.3 is 12.0 Å². The fraction of sp³-hybridized carbons (Fsp3) is 0.333. The van der Waals surface area contributed by atoms with Gasteiger partial charge in [0.2, 0.25) is 0 Å². The number of carboxylic acids is 1. The molecule has 0 spiro atoms. The van der Waals surface area contributed by atoms with Crippen LogP contribution in [-0.4, -0.2) is 23.1 Å². The van der Waals surface area contributed by atoms with Crippen molar-refractivity contribution in [3.8, 4) is 12.3 Å². The predicted octanol–water partition coefficient (Wildman–Crippen LogP) is 2.24. The van der Waals surface area contributed by atoms with Crippen molar-refractivity contribution in [3.63, 3.8) is 0 Å². The lowest BCUT2D eigenvalue weighted by atomic mass is 10.1. The van der Waals surface area contributed by atoms with Crippen molar-refractivity contribution in [1.82, 2.24) is 5.32 Å². The Balaban J connectivity index is 2.71. The van der Waals surface area contributed by atoms with Crippen molar-refractivity contribution in [2.75, 3.05) is 5.32 Å². The molecule has 3 N–H and O–H groups in total. The molecule has 0 heterocycles. The van der Waals surface area contributed by atoms with Gasteiger partial charge in [-0.2, -0.15) is 0 Å². The maximum Gasteiger partial charge on any atom is 0.327 e. The van der Waals surface area contributed by atoms with Crippen molar-refractivity contribution in [3.05, 3.63) is 29.8 Å². The topological polar surface area (TPSA) is 78.4 Å². The molecule has 20 heavy (non-hydrogen) atoms. The van der Waals surface area contributed by atoms with Crippen LogP contribution in [0.3, 0.4) is 0 Å². The van der Waals surface area contributed by atoms with Crippen LogP contribution in [0, 0.1) is 12.3 Å². The molecule has 0 aliphatic carbocycles. The summed E-state index contributed by atoms with van der Waals surface area (Å²) in [7, 11) is 0. The molecular weight excluding hydrogens is 256 g/mol. The number of benzene rings is 1. The summed E-state index contributed by atoms with van der Waals surface area (Å²) in [6.45, 7) is 2.05. The number of carbonyl (C=O) groups excluding carboxylic acids is 1. The maximum atomic E-state index is 11.8. The molecular formula is C15H18N2O3. The second-order valence-electron chi connectivity index (χ2n) is 4.30. The molecule has 0 aliphatic rings. The molecule has 5 heteroatoms. The van der Waals surface area contributed by atoms with Gasteiger partial charge in [-0.1, -0.05) is 31.5 Å². The summed E-state index contributed by atoms with van der Waals surface area (Å²) in [4.78, 5) is 22.7. The van der Waals surface area contributed by atoms with Crippen LogP contribution in [0.25, 0.3) is 0 Å². The van der Waals surface area contributed by atoms with Gasteiger partial charge in [0, 0.05) is 12.1 Å². The Morgan fingerprint density at radius 3 is 2.70 bits per heavy atom. The molecule has 1 unspecified atom stereocenters. The molecule has 0 saturated heterocycles. The number of aliphatic carboxylic acids is 1. The van der Waals surface area contributed by atoms with Crippen molar-refractivity contribution in [2.45, 2.75) is 32.2 Å². The summed E-state index contributed by atoms with van der Waals surface area (Å²) in [5.41, 5.74) is 1.69. The van der Waals surface area contributed by atoms with Crippen LogP contribution < -0.4 is 10.6 Å². The molecule has 5 nitrogen and oxygen atoms in total. The van der Waals surface area contributed by atoms with E-state index in [4.69, 9.17) is 11.5 Å². The number of para-hydroxylation sites is 1. The van der Waals surface area contributed by atoms with Crippen molar-refractivity contribution in [2.24, 2.45) is 0 Å². The minimum Gasteiger partial charge on any atom is -0.480 e. The molecule has 0 aliphatic heterocycles. The summed E-state index contributed by atoms with van der Waals surface area (Å²) in [6.07, 6.45) is 6.81. The number of aryl methyl sites for hydroxylation is 1. The fourth-order valence-corrected chi connectivity index (χ4v) is 1.76. The summed E-state index contributed by atoms with van der Waals surface area (Å²) >= 11 is 0. The van der Waals surface area contributed by atoms with E-state index in [1.807, 2.05) is 25.1 Å². The summed E-state index contributed by atoms with van der Waals surface area (Å²) in [6, 6.07) is 5.75. The van der Waals surface area contributed by atoms with E-state index in [-0.39, 0.29) is 6.42 Å². The average Bonchev–Trinajstić information content (AvgIpc) is 2.40. The van der Waals surface area contributed by atoms with Crippen molar-refractivity contribution < 1.29 is 14.7 Å². The van der Waals surface area contributed by atoms with E-state index in [9.17, 15) is 9.59 Å². The van der Waals surface area contributed by atoms with Gasteiger partial charge < -0.3 is 15.7 Å². The standard InChI is InChI=1S/C15H18N2O3/c1-3-7-11-9-5-6-10-12(11)16-15(20)17-13(8-4-2)14(18)19/h2,5-6,9-10,13H,3,7-8H2,1H3,(H,18,19)(H2,16,17,20). The molecule has 106 valence electrons. The van der Waals surface area contributed by atoms with Crippen molar-refractivity contribution in [1.29, 1.82) is 0 Å². The van der Waals surface area contributed by atoms with E-state index in [2.05, 4.69) is 16.6 Å². The SMILES string of the molecule is C#CCC(NC(=O)Nc1ccccc1CCC)C(=O)O. The Hall–Kier alpha value is -2.48.